The Morgan fingerprint density at radius 2 is 2.04 bits per heavy atom. The Kier molecular flexibility index (Phi) is 6.06. The number of halogens is 2. The zero-order valence-electron chi connectivity index (χ0n) is 13.7. The number of methoxy groups -OCH3 is 1. The molecule has 9 heteroatoms. The highest BCUT2D eigenvalue weighted by atomic mass is 35.5. The van der Waals surface area contributed by atoms with Gasteiger partial charge in [0.1, 0.15) is 4.32 Å². The van der Waals surface area contributed by atoms with Crippen molar-refractivity contribution in [3.8, 4) is 11.5 Å². The first-order chi connectivity index (χ1) is 12.9. The molecule has 0 aliphatic carbocycles. The predicted molar refractivity (Wildman–Crippen MR) is 111 cm³/mol. The molecule has 0 atom stereocenters. The summed E-state index contributed by atoms with van der Waals surface area (Å²) in [6, 6.07) is 9.51. The lowest BCUT2D eigenvalue weighted by molar-refractivity contribution is -0.115. The van der Waals surface area contributed by atoms with Crippen molar-refractivity contribution in [3.63, 3.8) is 0 Å². The minimum Gasteiger partial charge on any atom is -0.493 e. The second-order valence-electron chi connectivity index (χ2n) is 5.24. The van der Waals surface area contributed by atoms with E-state index in [-0.39, 0.29) is 22.2 Å². The van der Waals surface area contributed by atoms with E-state index in [1.165, 1.54) is 25.3 Å². The molecule has 1 fully saturated rings. The number of esters is 1. The number of ether oxygens (including phenoxy) is 2. The number of hydrogen-bond acceptors (Lipinski definition) is 6. The maximum atomic E-state index is 12.6. The Labute approximate surface area is 174 Å². The van der Waals surface area contributed by atoms with Crippen molar-refractivity contribution in [1.82, 2.24) is 5.32 Å². The van der Waals surface area contributed by atoms with Crippen LogP contribution in [0.5, 0.6) is 11.5 Å². The van der Waals surface area contributed by atoms with Gasteiger partial charge in [0.15, 0.2) is 11.5 Å². The number of carbonyl (C=O) groups excluding carboxylic acids is 2. The normalized spacial score (nSPS) is 15.0. The Morgan fingerprint density at radius 3 is 2.67 bits per heavy atom. The van der Waals surface area contributed by atoms with Gasteiger partial charge in [0.25, 0.3) is 5.91 Å². The van der Waals surface area contributed by atoms with Crippen LogP contribution in [-0.4, -0.2) is 23.3 Å². The zero-order valence-corrected chi connectivity index (χ0v) is 16.9. The van der Waals surface area contributed by atoms with Gasteiger partial charge in [-0.1, -0.05) is 59.3 Å². The minimum atomic E-state index is -0.681. The lowest BCUT2D eigenvalue weighted by Gasteiger charge is -2.13. The van der Waals surface area contributed by atoms with Gasteiger partial charge in [-0.15, -0.1) is 0 Å². The van der Waals surface area contributed by atoms with Crippen molar-refractivity contribution in [1.29, 1.82) is 0 Å². The molecule has 0 aromatic heterocycles. The maximum Gasteiger partial charge on any atom is 0.345 e. The van der Waals surface area contributed by atoms with Crippen LogP contribution < -0.4 is 14.8 Å². The number of thioether (sulfide) groups is 1. The van der Waals surface area contributed by atoms with Gasteiger partial charge < -0.3 is 14.8 Å². The average molecular weight is 440 g/mol. The van der Waals surface area contributed by atoms with Crippen molar-refractivity contribution in [2.45, 2.75) is 0 Å². The number of nitrogens with one attached hydrogen (secondary N) is 1. The van der Waals surface area contributed by atoms with Gasteiger partial charge in [-0.25, -0.2) is 4.79 Å². The Bertz CT molecular complexity index is 991. The second kappa shape index (κ2) is 8.31. The van der Waals surface area contributed by atoms with Gasteiger partial charge in [-0.3, -0.25) is 4.79 Å². The van der Waals surface area contributed by atoms with E-state index >= 15 is 0 Å². The summed E-state index contributed by atoms with van der Waals surface area (Å²) in [5.41, 5.74) is 0.634. The fourth-order valence-corrected chi connectivity index (χ4v) is 3.80. The molecule has 2 aromatic carbocycles. The van der Waals surface area contributed by atoms with Crippen LogP contribution in [0.2, 0.25) is 10.0 Å². The summed E-state index contributed by atoms with van der Waals surface area (Å²) in [7, 11) is 1.45. The van der Waals surface area contributed by atoms with Crippen LogP contribution in [0.4, 0.5) is 0 Å². The van der Waals surface area contributed by atoms with Gasteiger partial charge in [0, 0.05) is 10.6 Å². The number of carbonyl (C=O) groups is 2. The molecule has 2 aromatic rings. The van der Waals surface area contributed by atoms with Gasteiger partial charge >= 0.3 is 5.97 Å². The van der Waals surface area contributed by atoms with E-state index in [1.54, 1.807) is 24.3 Å². The largest absolute Gasteiger partial charge is 0.493 e. The molecule has 0 bridgehead atoms. The molecule has 27 heavy (non-hydrogen) atoms. The quantitative estimate of drug-likeness (QED) is 0.322. The fourth-order valence-electron chi connectivity index (χ4n) is 2.28. The zero-order chi connectivity index (χ0) is 19.6. The van der Waals surface area contributed by atoms with E-state index in [1.807, 2.05) is 0 Å². The summed E-state index contributed by atoms with van der Waals surface area (Å²) in [4.78, 5) is 24.9. The SMILES string of the molecule is COc1cccc(/C=C2/SC(=S)NC2=O)c1OC(=O)c1ccc(Cl)cc1Cl. The molecular formula is C18H11Cl2NO4S2. The topological polar surface area (TPSA) is 64.6 Å². The molecule has 1 heterocycles. The van der Waals surface area contributed by atoms with Crippen molar-refractivity contribution in [3.05, 3.63) is 62.5 Å². The smallest absolute Gasteiger partial charge is 0.345 e. The van der Waals surface area contributed by atoms with Crippen molar-refractivity contribution in [2.75, 3.05) is 7.11 Å². The Hall–Kier alpha value is -2.06. The van der Waals surface area contributed by atoms with Gasteiger partial charge in [-0.2, -0.15) is 0 Å². The first-order valence-electron chi connectivity index (χ1n) is 7.48. The summed E-state index contributed by atoms with van der Waals surface area (Å²) in [6.45, 7) is 0. The minimum absolute atomic E-state index is 0.153. The molecule has 0 radical (unpaired) electrons. The number of para-hydroxylation sites is 1. The number of benzene rings is 2. The highest BCUT2D eigenvalue weighted by Gasteiger charge is 2.24. The highest BCUT2D eigenvalue weighted by molar-refractivity contribution is 8.26. The van der Waals surface area contributed by atoms with Crippen LogP contribution in [0.25, 0.3) is 6.08 Å². The second-order valence-corrected chi connectivity index (χ2v) is 7.81. The molecule has 0 saturated carbocycles. The molecule has 1 N–H and O–H groups in total. The predicted octanol–water partition coefficient (Wildman–Crippen LogP) is 4.71. The third-order valence-corrected chi connectivity index (χ3v) is 5.21. The first kappa shape index (κ1) is 19.7. The molecule has 0 unspecified atom stereocenters. The molecule has 1 aliphatic rings. The van der Waals surface area contributed by atoms with E-state index in [0.717, 1.165) is 11.8 Å². The summed E-state index contributed by atoms with van der Waals surface area (Å²) >= 11 is 18.0. The number of hydrogen-bond donors (Lipinski definition) is 1. The molecule has 5 nitrogen and oxygen atoms in total. The van der Waals surface area contributed by atoms with E-state index in [9.17, 15) is 9.59 Å². The number of thiocarbonyl (C=S) groups is 1. The Morgan fingerprint density at radius 1 is 1.26 bits per heavy atom. The van der Waals surface area contributed by atoms with E-state index < -0.39 is 5.97 Å². The number of rotatable bonds is 4. The van der Waals surface area contributed by atoms with Crippen molar-refractivity contribution < 1.29 is 19.1 Å². The van der Waals surface area contributed by atoms with Crippen LogP contribution in [0.15, 0.2) is 41.3 Å². The molecule has 1 saturated heterocycles. The summed E-state index contributed by atoms with van der Waals surface area (Å²) < 4.78 is 11.2. The molecular weight excluding hydrogens is 429 g/mol. The summed E-state index contributed by atoms with van der Waals surface area (Å²) in [5, 5.41) is 3.10. The van der Waals surface area contributed by atoms with Gasteiger partial charge in [-0.05, 0) is 30.3 Å². The molecule has 0 spiro atoms. The van der Waals surface area contributed by atoms with Gasteiger partial charge in [0.2, 0.25) is 0 Å². The Balaban J connectivity index is 1.99. The molecule has 138 valence electrons. The third kappa shape index (κ3) is 4.44. The molecule has 1 aliphatic heterocycles. The average Bonchev–Trinajstić information content (AvgIpc) is 2.93. The lowest BCUT2D eigenvalue weighted by Crippen LogP contribution is -2.17. The van der Waals surface area contributed by atoms with Crippen LogP contribution in [0.3, 0.4) is 0 Å². The van der Waals surface area contributed by atoms with Crippen LogP contribution in [-0.2, 0) is 4.79 Å². The van der Waals surface area contributed by atoms with Crippen molar-refractivity contribution >= 4 is 69.5 Å². The fraction of sp³-hybridized carbons (Fsp3) is 0.0556. The highest BCUT2D eigenvalue weighted by Crippen LogP contribution is 2.36. The van der Waals surface area contributed by atoms with Crippen LogP contribution in [0, 0.1) is 0 Å². The van der Waals surface area contributed by atoms with Crippen LogP contribution in [0.1, 0.15) is 15.9 Å². The molecule has 1 amide bonds. The maximum absolute atomic E-state index is 12.6. The van der Waals surface area contributed by atoms with Crippen molar-refractivity contribution in [2.24, 2.45) is 0 Å². The summed E-state index contributed by atoms with van der Waals surface area (Å²) in [5.74, 6) is -0.505. The third-order valence-electron chi connectivity index (χ3n) is 3.50. The first-order valence-corrected chi connectivity index (χ1v) is 9.46. The van der Waals surface area contributed by atoms with E-state index in [4.69, 9.17) is 44.9 Å². The number of amides is 1. The van der Waals surface area contributed by atoms with Gasteiger partial charge in [0.05, 0.1) is 22.6 Å². The van der Waals surface area contributed by atoms with Crippen LogP contribution >= 0.6 is 47.2 Å². The summed E-state index contributed by atoms with van der Waals surface area (Å²) in [6.07, 6.45) is 1.58. The monoisotopic (exact) mass is 439 g/mol. The lowest BCUT2D eigenvalue weighted by atomic mass is 10.1. The van der Waals surface area contributed by atoms with E-state index in [0.29, 0.717) is 25.6 Å². The van der Waals surface area contributed by atoms with E-state index in [2.05, 4.69) is 5.32 Å². The molecule has 3 rings (SSSR count). The standard InChI is InChI=1S/C18H11Cl2NO4S2/c1-24-13-4-2-3-9(7-14-16(22)21-18(26)27-14)15(13)25-17(23)11-6-5-10(19)8-12(11)20/h2-8H,1H3,(H,21,22,26)/b14-7+.